The van der Waals surface area contributed by atoms with Crippen molar-refractivity contribution in [2.45, 2.75) is 11.1 Å². The van der Waals surface area contributed by atoms with E-state index in [0.29, 0.717) is 64.7 Å². The average Bonchev–Trinajstić information content (AvgIpc) is 3.21. The maximum absolute atomic E-state index is 13.1. The highest BCUT2D eigenvalue weighted by Crippen LogP contribution is 2.36. The number of nitrogens with two attached hydrogens (primary N) is 1. The smallest absolute Gasteiger partial charge is 0.352 e. The van der Waals surface area contributed by atoms with Crippen molar-refractivity contribution in [3.8, 4) is 0 Å². The van der Waals surface area contributed by atoms with E-state index in [-0.39, 0.29) is 4.90 Å². The normalized spacial score (nSPS) is 15.0. The molecule has 0 aliphatic carbocycles. The zero-order valence-corrected chi connectivity index (χ0v) is 20.2. The Bertz CT molecular complexity index is 1560. The van der Waals surface area contributed by atoms with Gasteiger partial charge >= 0.3 is 6.18 Å². The van der Waals surface area contributed by atoms with Crippen LogP contribution in [0.25, 0.3) is 21.9 Å². The minimum absolute atomic E-state index is 0.00987. The fraction of sp³-hybridized carbons (Fsp3) is 0.227. The number of aromatic amines is 1. The van der Waals surface area contributed by atoms with E-state index in [4.69, 9.17) is 17.4 Å². The van der Waals surface area contributed by atoms with Crippen molar-refractivity contribution in [1.29, 1.82) is 0 Å². The predicted octanol–water partition coefficient (Wildman–Crippen LogP) is 3.30. The molecule has 0 bridgehead atoms. The molecule has 2 aromatic carbocycles. The number of rotatable bonds is 3. The van der Waals surface area contributed by atoms with Crippen molar-refractivity contribution in [2.24, 2.45) is 5.14 Å². The summed E-state index contributed by atoms with van der Waals surface area (Å²) >= 11 is 5.52. The second kappa shape index (κ2) is 8.87. The molecule has 1 saturated heterocycles. The Morgan fingerprint density at radius 2 is 1.75 bits per heavy atom. The maximum atomic E-state index is 13.1. The van der Waals surface area contributed by atoms with Gasteiger partial charge in [-0.15, -0.1) is 0 Å². The van der Waals surface area contributed by atoms with Crippen molar-refractivity contribution in [1.82, 2.24) is 19.9 Å². The van der Waals surface area contributed by atoms with Crippen LogP contribution in [0, 0.1) is 0 Å². The summed E-state index contributed by atoms with van der Waals surface area (Å²) in [6, 6.07) is 9.56. The van der Waals surface area contributed by atoms with Crippen LogP contribution >= 0.6 is 12.2 Å². The number of benzene rings is 2. The number of aromatic nitrogens is 3. The molecule has 4 N–H and O–H groups in total. The van der Waals surface area contributed by atoms with Crippen LogP contribution < -0.4 is 15.4 Å². The Morgan fingerprint density at radius 1 is 1.06 bits per heavy atom. The molecule has 36 heavy (non-hydrogen) atoms. The summed E-state index contributed by atoms with van der Waals surface area (Å²) in [4.78, 5) is 15.7. The number of alkyl halides is 3. The number of hydrogen-bond donors (Lipinski definition) is 3. The van der Waals surface area contributed by atoms with Crippen LogP contribution in [0.2, 0.25) is 0 Å². The molecule has 0 atom stereocenters. The van der Waals surface area contributed by atoms with Crippen LogP contribution in [-0.2, 0) is 16.2 Å². The van der Waals surface area contributed by atoms with Gasteiger partial charge in [-0.3, -0.25) is 0 Å². The zero-order chi connectivity index (χ0) is 25.7. The summed E-state index contributed by atoms with van der Waals surface area (Å²) in [5, 5.41) is 9.99. The topological polar surface area (TPSA) is 120 Å². The monoisotopic (exact) mass is 535 g/mol. The number of nitrogens with one attached hydrogen (secondary N) is 2. The van der Waals surface area contributed by atoms with Gasteiger partial charge in [0.2, 0.25) is 10.0 Å². The van der Waals surface area contributed by atoms with Gasteiger partial charge in [0.15, 0.2) is 5.11 Å². The summed E-state index contributed by atoms with van der Waals surface area (Å²) < 4.78 is 62.3. The molecule has 0 radical (unpaired) electrons. The highest BCUT2D eigenvalue weighted by atomic mass is 32.2. The van der Waals surface area contributed by atoms with Gasteiger partial charge in [-0.2, -0.15) is 13.2 Å². The van der Waals surface area contributed by atoms with E-state index in [1.165, 1.54) is 24.5 Å². The summed E-state index contributed by atoms with van der Waals surface area (Å²) in [7, 11) is -3.77. The van der Waals surface area contributed by atoms with Crippen LogP contribution in [0.1, 0.15) is 5.56 Å². The Kier molecular flexibility index (Phi) is 5.97. The number of nitrogens with zero attached hydrogens (tertiary/aromatic N) is 4. The van der Waals surface area contributed by atoms with E-state index >= 15 is 0 Å². The number of thiocarbonyl (C=S) groups is 1. The fourth-order valence-corrected chi connectivity index (χ4v) is 5.00. The lowest BCUT2D eigenvalue weighted by Crippen LogP contribution is -2.50. The molecular weight excluding hydrogens is 515 g/mol. The van der Waals surface area contributed by atoms with Crippen molar-refractivity contribution in [3.63, 3.8) is 0 Å². The van der Waals surface area contributed by atoms with Crippen molar-refractivity contribution >= 4 is 60.8 Å². The van der Waals surface area contributed by atoms with Gasteiger partial charge in [-0.1, -0.05) is 6.07 Å². The van der Waals surface area contributed by atoms with E-state index in [0.717, 1.165) is 12.1 Å². The molecule has 1 aliphatic rings. The van der Waals surface area contributed by atoms with Crippen LogP contribution in [0.5, 0.6) is 0 Å². The van der Waals surface area contributed by atoms with Crippen LogP contribution in [0.15, 0.2) is 53.7 Å². The maximum Gasteiger partial charge on any atom is 0.416 e. The number of halogens is 3. The first kappa shape index (κ1) is 24.2. The molecule has 5 rings (SSSR count). The molecule has 2 aromatic heterocycles. The lowest BCUT2D eigenvalue weighted by molar-refractivity contribution is -0.137. The van der Waals surface area contributed by atoms with E-state index in [1.54, 1.807) is 12.1 Å². The molecule has 0 unspecified atom stereocenters. The second-order valence-electron chi connectivity index (χ2n) is 8.28. The van der Waals surface area contributed by atoms with Gasteiger partial charge in [0.05, 0.1) is 15.8 Å². The van der Waals surface area contributed by atoms with Crippen LogP contribution in [0.3, 0.4) is 0 Å². The van der Waals surface area contributed by atoms with Gasteiger partial charge in [0.25, 0.3) is 0 Å². The van der Waals surface area contributed by atoms with Crippen molar-refractivity contribution < 1.29 is 21.6 Å². The van der Waals surface area contributed by atoms with E-state index in [2.05, 4.69) is 25.2 Å². The molecule has 1 fully saturated rings. The minimum atomic E-state index is -4.44. The number of H-pyrrole nitrogens is 1. The van der Waals surface area contributed by atoms with E-state index in [9.17, 15) is 21.6 Å². The Balaban J connectivity index is 1.31. The molecule has 3 heterocycles. The number of anilines is 2. The largest absolute Gasteiger partial charge is 0.416 e. The number of sulfonamides is 1. The number of primary sulfonamides is 1. The third-order valence-electron chi connectivity index (χ3n) is 6.00. The van der Waals surface area contributed by atoms with Crippen molar-refractivity contribution in [2.75, 3.05) is 36.4 Å². The molecule has 0 spiro atoms. The molecular formula is C22H20F3N7O2S2. The van der Waals surface area contributed by atoms with Gasteiger partial charge in [-0.05, 0) is 48.6 Å². The van der Waals surface area contributed by atoms with Gasteiger partial charge in [0, 0.05) is 42.8 Å². The zero-order valence-electron chi connectivity index (χ0n) is 18.6. The van der Waals surface area contributed by atoms with Crippen molar-refractivity contribution in [3.05, 3.63) is 54.4 Å². The molecule has 188 valence electrons. The number of piperazine rings is 1. The molecule has 14 heteroatoms. The number of hydrogen-bond acceptors (Lipinski definition) is 6. The minimum Gasteiger partial charge on any atom is -0.352 e. The summed E-state index contributed by atoms with van der Waals surface area (Å²) in [6.45, 7) is 2.30. The van der Waals surface area contributed by atoms with E-state index < -0.39 is 21.8 Å². The molecule has 9 nitrogen and oxygen atoms in total. The fourth-order valence-electron chi connectivity index (χ4n) is 4.18. The Morgan fingerprint density at radius 3 is 2.39 bits per heavy atom. The molecule has 0 saturated carbocycles. The molecule has 0 amide bonds. The van der Waals surface area contributed by atoms with Gasteiger partial charge < -0.3 is 20.1 Å². The summed E-state index contributed by atoms with van der Waals surface area (Å²) in [5.74, 6) is 0.642. The first-order chi connectivity index (χ1) is 17.0. The standard InChI is InChI=1S/C22H20F3N7O2S2/c23-22(24,25)13-1-6-16-17(11-13)30-19-18(16)20(28-12-27-19)31-7-9-32(10-8-31)21(35)29-14-2-4-15(5-3-14)36(26,33)34/h1-6,11-12H,7-10H2,(H,29,35)(H2,26,33,34)(H,27,28,30). The highest BCUT2D eigenvalue weighted by Gasteiger charge is 2.31. The lowest BCUT2D eigenvalue weighted by atomic mass is 10.1. The molecule has 1 aliphatic heterocycles. The third-order valence-corrected chi connectivity index (χ3v) is 7.29. The molecule has 4 aromatic rings. The lowest BCUT2D eigenvalue weighted by Gasteiger charge is -2.37. The first-order valence-corrected chi connectivity index (χ1v) is 12.7. The first-order valence-electron chi connectivity index (χ1n) is 10.8. The summed E-state index contributed by atoms with van der Waals surface area (Å²) in [6.07, 6.45) is -3.05. The van der Waals surface area contributed by atoms with Crippen LogP contribution in [0.4, 0.5) is 24.7 Å². The van der Waals surface area contributed by atoms with E-state index in [1.807, 2.05) is 4.90 Å². The second-order valence-corrected chi connectivity index (χ2v) is 10.2. The highest BCUT2D eigenvalue weighted by molar-refractivity contribution is 7.89. The summed E-state index contributed by atoms with van der Waals surface area (Å²) in [5.41, 5.74) is 0.713. The van der Waals surface area contributed by atoms with Gasteiger partial charge in [-0.25, -0.2) is 23.5 Å². The predicted molar refractivity (Wildman–Crippen MR) is 134 cm³/mol. The average molecular weight is 536 g/mol. The van der Waals surface area contributed by atoms with Crippen LogP contribution in [-0.4, -0.2) is 59.6 Å². The Labute approximate surface area is 209 Å². The number of fused-ring (bicyclic) bond motifs is 3. The Hall–Kier alpha value is -3.49. The SMILES string of the molecule is NS(=O)(=O)c1ccc(NC(=S)N2CCN(c3ncnc4[nH]c5cc(C(F)(F)F)ccc5c34)CC2)cc1. The third kappa shape index (κ3) is 4.66. The van der Waals surface area contributed by atoms with Gasteiger partial charge in [0.1, 0.15) is 17.8 Å². The quantitative estimate of drug-likeness (QED) is 0.342.